The maximum atomic E-state index is 12.7. The Labute approximate surface area is 206 Å². The molecule has 0 aliphatic heterocycles. The number of amides is 1. The first-order valence-electron chi connectivity index (χ1n) is 9.26. The highest BCUT2D eigenvalue weighted by Crippen LogP contribution is 2.35. The quantitative estimate of drug-likeness (QED) is 0.210. The normalized spacial score (nSPS) is 10.8. The molecule has 2 aromatic heterocycles. The van der Waals surface area contributed by atoms with Crippen LogP contribution in [-0.4, -0.2) is 20.6 Å². The summed E-state index contributed by atoms with van der Waals surface area (Å²) in [5, 5.41) is 21.2. The van der Waals surface area contributed by atoms with Gasteiger partial charge in [-0.25, -0.2) is 0 Å². The second-order valence-corrected chi connectivity index (χ2v) is 8.97. The van der Waals surface area contributed by atoms with Gasteiger partial charge in [-0.1, -0.05) is 34.8 Å². The Bertz CT molecular complexity index is 1360. The summed E-state index contributed by atoms with van der Waals surface area (Å²) in [7, 11) is 0. The van der Waals surface area contributed by atoms with Gasteiger partial charge in [-0.05, 0) is 35.2 Å². The molecule has 1 N–H and O–H groups in total. The van der Waals surface area contributed by atoms with Crippen molar-refractivity contribution in [1.29, 1.82) is 0 Å². The lowest BCUT2D eigenvalue weighted by Gasteiger charge is -2.10. The van der Waals surface area contributed by atoms with Gasteiger partial charge < -0.3 is 10.1 Å². The molecule has 2 heterocycles. The van der Waals surface area contributed by atoms with Gasteiger partial charge in [-0.3, -0.25) is 19.6 Å². The number of halogens is 3. The Morgan fingerprint density at radius 1 is 1.15 bits per heavy atom. The highest BCUT2D eigenvalue weighted by Gasteiger charge is 2.16. The zero-order chi connectivity index (χ0) is 23.5. The fourth-order valence-corrected chi connectivity index (χ4v) is 4.29. The molecule has 0 radical (unpaired) electrons. The second kappa shape index (κ2) is 9.80. The summed E-state index contributed by atoms with van der Waals surface area (Å²) >= 11 is 19.1. The molecule has 4 rings (SSSR count). The molecule has 0 bridgehead atoms. The van der Waals surface area contributed by atoms with Crippen molar-refractivity contribution in [2.45, 2.75) is 6.54 Å². The summed E-state index contributed by atoms with van der Waals surface area (Å²) in [6, 6.07) is 10.3. The van der Waals surface area contributed by atoms with Crippen molar-refractivity contribution in [2.75, 3.05) is 5.32 Å². The van der Waals surface area contributed by atoms with Crippen LogP contribution in [0.25, 0.3) is 0 Å². The van der Waals surface area contributed by atoms with Gasteiger partial charge in [0.25, 0.3) is 11.6 Å². The summed E-state index contributed by atoms with van der Waals surface area (Å²) in [5.41, 5.74) is 0.809. The average molecular weight is 524 g/mol. The van der Waals surface area contributed by atoms with Crippen LogP contribution in [0.1, 0.15) is 15.2 Å². The summed E-state index contributed by atoms with van der Waals surface area (Å²) in [4.78, 5) is 24.0. The molecule has 0 fully saturated rings. The van der Waals surface area contributed by atoms with Crippen LogP contribution in [-0.2, 0) is 6.54 Å². The van der Waals surface area contributed by atoms with Crippen LogP contribution in [0.3, 0.4) is 0 Å². The zero-order valence-corrected chi connectivity index (χ0v) is 19.6. The zero-order valence-electron chi connectivity index (χ0n) is 16.5. The molecule has 0 atom stereocenters. The number of aromatic nitrogens is 2. The Balaban J connectivity index is 1.53. The maximum absolute atomic E-state index is 12.7. The maximum Gasteiger partial charge on any atom is 0.275 e. The minimum absolute atomic E-state index is 0.131. The van der Waals surface area contributed by atoms with Crippen LogP contribution in [0.4, 0.5) is 11.4 Å². The number of anilines is 1. The van der Waals surface area contributed by atoms with Crippen molar-refractivity contribution < 1.29 is 14.5 Å². The van der Waals surface area contributed by atoms with Crippen LogP contribution in [0, 0.1) is 10.1 Å². The van der Waals surface area contributed by atoms with E-state index in [0.717, 1.165) is 5.56 Å². The number of ether oxygens (including phenoxy) is 1. The molecule has 1 amide bonds. The Kier molecular flexibility index (Phi) is 6.85. The Morgan fingerprint density at radius 3 is 2.67 bits per heavy atom. The number of thiophene rings is 1. The van der Waals surface area contributed by atoms with Crippen LogP contribution >= 0.6 is 46.1 Å². The number of hydrogen-bond donors (Lipinski definition) is 1. The molecule has 0 aliphatic carbocycles. The Morgan fingerprint density at radius 2 is 1.97 bits per heavy atom. The van der Waals surface area contributed by atoms with E-state index in [9.17, 15) is 14.9 Å². The topological polar surface area (TPSA) is 99.3 Å². The standard InChI is InChI=1S/C21H13Cl3N4O4S/c22-13-1-2-19(18(24)4-13)32-17-6-15(5-16(7-17)28(30)31)26-21(29)20-3-12(11-33-20)9-27-10-14(23)8-25-27/h1-8,10-11H,9H2,(H,26,29). The molecular weight excluding hydrogens is 511 g/mol. The Hall–Kier alpha value is -3.11. The molecular formula is C21H13Cl3N4O4S. The first kappa shape index (κ1) is 23.1. The number of nitro groups is 1. The highest BCUT2D eigenvalue weighted by molar-refractivity contribution is 7.12. The molecule has 2 aromatic carbocycles. The second-order valence-electron chi connectivity index (χ2n) is 6.78. The van der Waals surface area contributed by atoms with E-state index >= 15 is 0 Å². The fraction of sp³-hybridized carbons (Fsp3) is 0.0476. The van der Waals surface area contributed by atoms with Crippen LogP contribution in [0.5, 0.6) is 11.5 Å². The molecule has 33 heavy (non-hydrogen) atoms. The molecule has 4 aromatic rings. The highest BCUT2D eigenvalue weighted by atomic mass is 35.5. The number of carbonyl (C=O) groups is 1. The summed E-state index contributed by atoms with van der Waals surface area (Å²) in [5.74, 6) is -0.0210. The first-order valence-corrected chi connectivity index (χ1v) is 11.3. The number of non-ortho nitro benzene ring substituents is 1. The largest absolute Gasteiger partial charge is 0.455 e. The third-order valence-corrected chi connectivity index (χ3v) is 6.01. The minimum atomic E-state index is -0.579. The van der Waals surface area contributed by atoms with Crippen molar-refractivity contribution in [3.8, 4) is 11.5 Å². The fourth-order valence-electron chi connectivity index (χ4n) is 2.89. The molecule has 8 nitrogen and oxygen atoms in total. The van der Waals surface area contributed by atoms with E-state index < -0.39 is 10.8 Å². The number of nitro benzene ring substituents is 1. The number of nitrogens with zero attached hydrogens (tertiary/aromatic N) is 3. The van der Waals surface area contributed by atoms with Crippen molar-refractivity contribution in [1.82, 2.24) is 9.78 Å². The molecule has 168 valence electrons. The van der Waals surface area contributed by atoms with Gasteiger partial charge >= 0.3 is 0 Å². The van der Waals surface area contributed by atoms with Gasteiger partial charge in [-0.2, -0.15) is 5.10 Å². The van der Waals surface area contributed by atoms with E-state index in [1.165, 1.54) is 41.8 Å². The van der Waals surface area contributed by atoms with Gasteiger partial charge in [0, 0.05) is 23.4 Å². The molecule has 0 unspecified atom stereocenters. The van der Waals surface area contributed by atoms with Crippen LogP contribution in [0.2, 0.25) is 15.1 Å². The molecule has 12 heteroatoms. The number of nitrogens with one attached hydrogen (secondary N) is 1. The van der Waals surface area contributed by atoms with E-state index in [1.807, 2.05) is 5.38 Å². The van der Waals surface area contributed by atoms with E-state index in [-0.39, 0.29) is 27.9 Å². The number of hydrogen-bond acceptors (Lipinski definition) is 6. The SMILES string of the molecule is O=C(Nc1cc(Oc2ccc(Cl)cc2Cl)cc([N+](=O)[O-])c1)c1cc(Cn2cc(Cl)cn2)cs1. The predicted octanol–water partition coefficient (Wildman–Crippen LogP) is 6.91. The van der Waals surface area contributed by atoms with E-state index in [0.29, 0.717) is 21.5 Å². The third kappa shape index (κ3) is 5.82. The van der Waals surface area contributed by atoms with E-state index in [4.69, 9.17) is 39.5 Å². The third-order valence-electron chi connectivity index (χ3n) is 4.31. The number of rotatable bonds is 7. The van der Waals surface area contributed by atoms with E-state index in [1.54, 1.807) is 29.1 Å². The lowest BCUT2D eigenvalue weighted by molar-refractivity contribution is -0.384. The molecule has 0 saturated carbocycles. The lowest BCUT2D eigenvalue weighted by atomic mass is 10.2. The van der Waals surface area contributed by atoms with Gasteiger partial charge in [0.1, 0.15) is 11.5 Å². The van der Waals surface area contributed by atoms with Crippen molar-refractivity contribution in [3.05, 3.63) is 95.9 Å². The average Bonchev–Trinajstić information content (AvgIpc) is 3.39. The summed E-state index contributed by atoms with van der Waals surface area (Å²) in [6.07, 6.45) is 3.21. The van der Waals surface area contributed by atoms with Crippen molar-refractivity contribution in [3.63, 3.8) is 0 Å². The van der Waals surface area contributed by atoms with Crippen molar-refractivity contribution in [2.24, 2.45) is 0 Å². The van der Waals surface area contributed by atoms with Gasteiger partial charge in [0.05, 0.1) is 44.3 Å². The van der Waals surface area contributed by atoms with Crippen molar-refractivity contribution >= 4 is 63.4 Å². The summed E-state index contributed by atoms with van der Waals surface area (Å²) < 4.78 is 7.34. The van der Waals surface area contributed by atoms with Gasteiger partial charge in [-0.15, -0.1) is 11.3 Å². The monoisotopic (exact) mass is 522 g/mol. The van der Waals surface area contributed by atoms with Crippen LogP contribution < -0.4 is 10.1 Å². The number of carbonyl (C=O) groups excluding carboxylic acids is 1. The molecule has 0 aliphatic rings. The minimum Gasteiger partial charge on any atom is -0.455 e. The molecule has 0 saturated heterocycles. The van der Waals surface area contributed by atoms with Gasteiger partial charge in [0.2, 0.25) is 0 Å². The predicted molar refractivity (Wildman–Crippen MR) is 128 cm³/mol. The van der Waals surface area contributed by atoms with E-state index in [2.05, 4.69) is 10.4 Å². The first-order chi connectivity index (χ1) is 15.8. The molecule has 0 spiro atoms. The lowest BCUT2D eigenvalue weighted by Crippen LogP contribution is -2.10. The smallest absolute Gasteiger partial charge is 0.275 e. The van der Waals surface area contributed by atoms with Crippen LogP contribution in [0.15, 0.2) is 60.2 Å². The van der Waals surface area contributed by atoms with Gasteiger partial charge in [0.15, 0.2) is 0 Å². The number of benzene rings is 2. The summed E-state index contributed by atoms with van der Waals surface area (Å²) in [6.45, 7) is 0.452.